The van der Waals surface area contributed by atoms with Crippen LogP contribution in [0.25, 0.3) is 13.2 Å². The Morgan fingerprint density at radius 2 is 1.64 bits per heavy atom. The van der Waals surface area contributed by atoms with Gasteiger partial charge < -0.3 is 14.0 Å². The zero-order valence-corrected chi connectivity index (χ0v) is 17.2. The van der Waals surface area contributed by atoms with E-state index in [1.165, 1.54) is 0 Å². The first-order valence-electron chi connectivity index (χ1n) is 9.34. The third-order valence-electron chi connectivity index (χ3n) is 4.91. The highest BCUT2D eigenvalue weighted by molar-refractivity contribution is 5.19. The smallest absolute Gasteiger partial charge is 0.0852 e. The monoisotopic (exact) mass is 347 g/mol. The topological polar surface area (TPSA) is 23.4 Å². The van der Waals surface area contributed by atoms with Gasteiger partial charge >= 0.3 is 0 Å². The SMILES string of the molecule is C=C(C(C)n1c(=C)ccc1=C)C(C)(C)OCCC(C)(C)OCCCC. The van der Waals surface area contributed by atoms with Gasteiger partial charge in [0.2, 0.25) is 0 Å². The van der Waals surface area contributed by atoms with E-state index < -0.39 is 5.60 Å². The van der Waals surface area contributed by atoms with Gasteiger partial charge in [0.1, 0.15) is 0 Å². The minimum Gasteiger partial charge on any atom is -0.375 e. The van der Waals surface area contributed by atoms with E-state index in [0.717, 1.165) is 42.1 Å². The van der Waals surface area contributed by atoms with Gasteiger partial charge in [-0.25, -0.2) is 0 Å². The first-order valence-corrected chi connectivity index (χ1v) is 9.34. The summed E-state index contributed by atoms with van der Waals surface area (Å²) in [6.07, 6.45) is 3.10. The van der Waals surface area contributed by atoms with Crippen molar-refractivity contribution in [3.63, 3.8) is 0 Å². The molecule has 0 saturated heterocycles. The molecule has 1 heterocycles. The normalized spacial score (nSPS) is 13.8. The Balaban J connectivity index is 2.64. The fraction of sp³-hybridized carbons (Fsp3) is 0.636. The number of nitrogens with zero attached hydrogens (tertiary/aromatic N) is 1. The number of hydrogen-bond donors (Lipinski definition) is 0. The quantitative estimate of drug-likeness (QED) is 0.442. The lowest BCUT2D eigenvalue weighted by Gasteiger charge is -2.34. The maximum absolute atomic E-state index is 6.20. The van der Waals surface area contributed by atoms with Gasteiger partial charge in [0.05, 0.1) is 23.9 Å². The number of aromatic nitrogens is 1. The highest BCUT2D eigenvalue weighted by Gasteiger charge is 2.29. The molecular formula is C22H37NO2. The van der Waals surface area contributed by atoms with Crippen molar-refractivity contribution < 1.29 is 9.47 Å². The Bertz CT molecular complexity index is 627. The predicted octanol–water partition coefficient (Wildman–Crippen LogP) is 4.21. The van der Waals surface area contributed by atoms with Crippen LogP contribution in [0.4, 0.5) is 0 Å². The summed E-state index contributed by atoms with van der Waals surface area (Å²) in [6.45, 7) is 26.6. The van der Waals surface area contributed by atoms with Crippen molar-refractivity contribution in [1.29, 1.82) is 0 Å². The summed E-state index contributed by atoms with van der Waals surface area (Å²) < 4.78 is 14.3. The van der Waals surface area contributed by atoms with Gasteiger partial charge in [0.15, 0.2) is 0 Å². The van der Waals surface area contributed by atoms with E-state index in [2.05, 4.69) is 65.8 Å². The van der Waals surface area contributed by atoms with Crippen LogP contribution in [0.2, 0.25) is 0 Å². The van der Waals surface area contributed by atoms with Crippen LogP contribution < -0.4 is 10.7 Å². The minimum absolute atomic E-state index is 0.0822. The molecule has 0 aliphatic rings. The minimum atomic E-state index is -0.429. The molecule has 1 unspecified atom stereocenters. The number of hydrogen-bond acceptors (Lipinski definition) is 2. The van der Waals surface area contributed by atoms with Gasteiger partial charge in [-0.05, 0) is 65.2 Å². The van der Waals surface area contributed by atoms with Crippen LogP contribution in [-0.2, 0) is 9.47 Å². The van der Waals surface area contributed by atoms with Crippen molar-refractivity contribution in [3.8, 4) is 0 Å². The van der Waals surface area contributed by atoms with Crippen LogP contribution in [-0.4, -0.2) is 29.0 Å². The van der Waals surface area contributed by atoms with Crippen LogP contribution in [0.15, 0.2) is 24.3 Å². The predicted molar refractivity (Wildman–Crippen MR) is 108 cm³/mol. The number of unbranched alkanes of at least 4 members (excludes halogenated alkanes) is 1. The third-order valence-corrected chi connectivity index (χ3v) is 4.91. The van der Waals surface area contributed by atoms with Crippen LogP contribution in [0.1, 0.15) is 66.8 Å². The average Bonchev–Trinajstić information content (AvgIpc) is 2.84. The van der Waals surface area contributed by atoms with E-state index in [1.807, 2.05) is 12.1 Å². The fourth-order valence-electron chi connectivity index (χ4n) is 2.90. The maximum Gasteiger partial charge on any atom is 0.0852 e. The Labute approximate surface area is 154 Å². The average molecular weight is 348 g/mol. The molecule has 25 heavy (non-hydrogen) atoms. The Morgan fingerprint density at radius 1 is 1.08 bits per heavy atom. The first kappa shape index (κ1) is 21.7. The fourth-order valence-corrected chi connectivity index (χ4v) is 2.90. The van der Waals surface area contributed by atoms with Gasteiger partial charge in [-0.2, -0.15) is 0 Å². The van der Waals surface area contributed by atoms with Crippen LogP contribution in [0.5, 0.6) is 0 Å². The molecule has 1 aromatic heterocycles. The van der Waals surface area contributed by atoms with E-state index in [4.69, 9.17) is 9.47 Å². The Morgan fingerprint density at radius 3 is 2.16 bits per heavy atom. The lowest BCUT2D eigenvalue weighted by Crippen LogP contribution is -2.38. The molecular weight excluding hydrogens is 310 g/mol. The van der Waals surface area contributed by atoms with Crippen molar-refractivity contribution in [3.05, 3.63) is 35.0 Å². The molecule has 3 heteroatoms. The standard InChI is InChI=1S/C22H37NO2/c1-10-11-15-24-21(6,7)14-16-25-22(8,9)19(4)20(5)23-17(2)12-13-18(23)3/h12-13,20H,2-4,10-11,14-16H2,1,5-9H3. The summed E-state index contributed by atoms with van der Waals surface area (Å²) in [7, 11) is 0. The second-order valence-electron chi connectivity index (χ2n) is 7.96. The van der Waals surface area contributed by atoms with Crippen molar-refractivity contribution in [2.75, 3.05) is 13.2 Å². The van der Waals surface area contributed by atoms with Gasteiger partial charge in [-0.1, -0.05) is 33.1 Å². The first-order chi connectivity index (χ1) is 11.5. The molecule has 0 amide bonds. The summed E-state index contributed by atoms with van der Waals surface area (Å²) in [4.78, 5) is 0. The maximum atomic E-state index is 6.20. The molecule has 0 aliphatic carbocycles. The van der Waals surface area contributed by atoms with E-state index in [-0.39, 0.29) is 11.6 Å². The van der Waals surface area contributed by atoms with Gasteiger partial charge in [-0.15, -0.1) is 0 Å². The molecule has 0 radical (unpaired) electrons. The molecule has 0 fully saturated rings. The molecule has 142 valence electrons. The Kier molecular flexibility index (Phi) is 7.70. The zero-order valence-electron chi connectivity index (χ0n) is 17.2. The number of rotatable bonds is 11. The summed E-state index contributed by atoms with van der Waals surface area (Å²) in [6, 6.07) is 4.05. The van der Waals surface area contributed by atoms with Crippen LogP contribution >= 0.6 is 0 Å². The van der Waals surface area contributed by atoms with E-state index in [9.17, 15) is 0 Å². The van der Waals surface area contributed by atoms with Crippen molar-refractivity contribution >= 4 is 13.2 Å². The highest BCUT2D eigenvalue weighted by atomic mass is 16.5. The molecule has 1 atom stereocenters. The largest absolute Gasteiger partial charge is 0.375 e. The molecule has 0 bridgehead atoms. The van der Waals surface area contributed by atoms with Gasteiger partial charge in [0, 0.05) is 17.3 Å². The summed E-state index contributed by atoms with van der Waals surface area (Å²) in [5.41, 5.74) is 0.421. The molecule has 1 aromatic rings. The van der Waals surface area contributed by atoms with Crippen molar-refractivity contribution in [2.24, 2.45) is 0 Å². The van der Waals surface area contributed by atoms with E-state index in [0.29, 0.717) is 6.61 Å². The summed E-state index contributed by atoms with van der Waals surface area (Å²) in [5.74, 6) is 0. The number of ether oxygens (including phenoxy) is 2. The molecule has 1 rings (SSSR count). The molecule has 0 aliphatic heterocycles. The summed E-state index contributed by atoms with van der Waals surface area (Å²) in [5, 5.41) is 1.89. The second-order valence-corrected chi connectivity index (χ2v) is 7.96. The van der Waals surface area contributed by atoms with Crippen molar-refractivity contribution in [1.82, 2.24) is 4.57 Å². The second kappa shape index (κ2) is 8.86. The van der Waals surface area contributed by atoms with E-state index in [1.54, 1.807) is 0 Å². The highest BCUT2D eigenvalue weighted by Crippen LogP contribution is 2.29. The van der Waals surface area contributed by atoms with Gasteiger partial charge in [-0.3, -0.25) is 0 Å². The van der Waals surface area contributed by atoms with E-state index >= 15 is 0 Å². The van der Waals surface area contributed by atoms with Gasteiger partial charge in [0.25, 0.3) is 0 Å². The Hall–Kier alpha value is -1.32. The molecule has 0 spiro atoms. The van der Waals surface area contributed by atoms with Crippen LogP contribution in [0.3, 0.4) is 0 Å². The molecule has 0 saturated carbocycles. The molecule has 3 nitrogen and oxygen atoms in total. The van der Waals surface area contributed by atoms with Crippen LogP contribution in [0, 0.1) is 0 Å². The lowest BCUT2D eigenvalue weighted by molar-refractivity contribution is -0.0640. The third kappa shape index (κ3) is 6.16. The molecule has 0 aromatic carbocycles. The lowest BCUT2D eigenvalue weighted by atomic mass is 9.93. The van der Waals surface area contributed by atoms with Crippen molar-refractivity contribution in [2.45, 2.75) is 78.0 Å². The summed E-state index contributed by atoms with van der Waals surface area (Å²) >= 11 is 0. The molecule has 0 N–H and O–H groups in total. The zero-order chi connectivity index (χ0) is 19.3.